The Kier molecular flexibility index (Phi) is 4.93. The number of amides is 1. The summed E-state index contributed by atoms with van der Waals surface area (Å²) in [5, 5.41) is 16.2. The van der Waals surface area contributed by atoms with Crippen LogP contribution in [0.4, 0.5) is 5.69 Å². The van der Waals surface area contributed by atoms with Crippen LogP contribution in [0.15, 0.2) is 59.3 Å². The van der Waals surface area contributed by atoms with Crippen LogP contribution < -0.4 is 5.32 Å². The number of aromatic nitrogens is 1. The van der Waals surface area contributed by atoms with Gasteiger partial charge in [0.05, 0.1) is 0 Å². The normalized spacial score (nSPS) is 10.6. The molecule has 24 heavy (non-hydrogen) atoms. The van der Waals surface area contributed by atoms with Gasteiger partial charge in [-0.25, -0.2) is 0 Å². The summed E-state index contributed by atoms with van der Waals surface area (Å²) in [7, 11) is 0. The van der Waals surface area contributed by atoms with Crippen molar-refractivity contribution in [3.8, 4) is 11.3 Å². The Labute approximate surface area is 143 Å². The molecule has 0 saturated carbocycles. The Morgan fingerprint density at radius 1 is 1.12 bits per heavy atom. The zero-order valence-corrected chi connectivity index (χ0v) is 13.5. The summed E-state index contributed by atoms with van der Waals surface area (Å²) in [4.78, 5) is 12.5. The first-order chi connectivity index (χ1) is 11.7. The summed E-state index contributed by atoms with van der Waals surface area (Å²) in [6.07, 6.45) is 1.90. The van der Waals surface area contributed by atoms with Crippen LogP contribution in [0.25, 0.3) is 11.3 Å². The zero-order valence-electron chi connectivity index (χ0n) is 12.7. The minimum absolute atomic E-state index is 0.0941. The number of aliphatic hydroxyl groups is 1. The molecule has 0 radical (unpaired) electrons. The lowest BCUT2D eigenvalue weighted by Gasteiger charge is -2.06. The molecule has 0 fully saturated rings. The monoisotopic (exact) mass is 342 g/mol. The SMILES string of the molecule is O=C(Nc1ccc(CCO)cc1)c1conc1-c1ccc(Cl)cc1. The number of benzene rings is 2. The number of carbonyl (C=O) groups excluding carboxylic acids is 1. The molecular weight excluding hydrogens is 328 g/mol. The van der Waals surface area contributed by atoms with E-state index in [1.54, 1.807) is 36.4 Å². The van der Waals surface area contributed by atoms with Crippen molar-refractivity contribution in [2.75, 3.05) is 11.9 Å². The molecule has 0 bridgehead atoms. The number of hydrogen-bond donors (Lipinski definition) is 2. The van der Waals surface area contributed by atoms with Crippen LogP contribution >= 0.6 is 11.6 Å². The van der Waals surface area contributed by atoms with Crippen molar-refractivity contribution in [2.24, 2.45) is 0 Å². The van der Waals surface area contributed by atoms with E-state index in [1.165, 1.54) is 6.26 Å². The number of carbonyl (C=O) groups is 1. The lowest BCUT2D eigenvalue weighted by Crippen LogP contribution is -2.12. The molecule has 0 aliphatic rings. The van der Waals surface area contributed by atoms with Gasteiger partial charge in [-0.1, -0.05) is 41.0 Å². The number of hydrogen-bond acceptors (Lipinski definition) is 4. The van der Waals surface area contributed by atoms with Crippen LogP contribution in [0.5, 0.6) is 0 Å². The molecule has 1 heterocycles. The molecule has 6 heteroatoms. The molecule has 2 N–H and O–H groups in total. The van der Waals surface area contributed by atoms with E-state index in [1.807, 2.05) is 12.1 Å². The van der Waals surface area contributed by atoms with Gasteiger partial charge in [0.2, 0.25) is 0 Å². The molecule has 0 saturated heterocycles. The van der Waals surface area contributed by atoms with Crippen molar-refractivity contribution in [2.45, 2.75) is 6.42 Å². The third-order valence-corrected chi connectivity index (χ3v) is 3.80. The molecule has 0 aliphatic heterocycles. The standard InChI is InChI=1S/C18H15ClN2O3/c19-14-5-3-13(4-6-14)17-16(11-24-21-17)18(23)20-15-7-1-12(2-8-15)9-10-22/h1-8,11,22H,9-10H2,(H,20,23). The van der Waals surface area contributed by atoms with Gasteiger partial charge in [0.1, 0.15) is 17.5 Å². The predicted octanol–water partition coefficient (Wildman–Crippen LogP) is 3.78. The number of nitrogens with zero attached hydrogens (tertiary/aromatic N) is 1. The second-order valence-electron chi connectivity index (χ2n) is 5.21. The van der Waals surface area contributed by atoms with E-state index in [9.17, 15) is 4.79 Å². The molecule has 3 rings (SSSR count). The highest BCUT2D eigenvalue weighted by Gasteiger charge is 2.17. The molecule has 1 amide bonds. The molecular formula is C18H15ClN2O3. The van der Waals surface area contributed by atoms with E-state index in [4.69, 9.17) is 21.2 Å². The molecule has 0 spiro atoms. The fraction of sp³-hybridized carbons (Fsp3) is 0.111. The molecule has 3 aromatic rings. The van der Waals surface area contributed by atoms with E-state index >= 15 is 0 Å². The van der Waals surface area contributed by atoms with Gasteiger partial charge in [0, 0.05) is 22.9 Å². The summed E-state index contributed by atoms with van der Waals surface area (Å²) in [5.41, 5.74) is 3.21. The average molecular weight is 343 g/mol. The Balaban J connectivity index is 1.78. The van der Waals surface area contributed by atoms with Crippen molar-refractivity contribution < 1.29 is 14.4 Å². The van der Waals surface area contributed by atoms with Crippen molar-refractivity contribution in [3.63, 3.8) is 0 Å². The maximum atomic E-state index is 12.5. The lowest BCUT2D eigenvalue weighted by atomic mass is 10.1. The Morgan fingerprint density at radius 3 is 2.50 bits per heavy atom. The highest BCUT2D eigenvalue weighted by Crippen LogP contribution is 2.24. The van der Waals surface area contributed by atoms with Crippen LogP contribution in [0, 0.1) is 0 Å². The van der Waals surface area contributed by atoms with Gasteiger partial charge in [-0.2, -0.15) is 0 Å². The van der Waals surface area contributed by atoms with Gasteiger partial charge in [0.15, 0.2) is 0 Å². The minimum Gasteiger partial charge on any atom is -0.396 e. The summed E-state index contributed by atoms with van der Waals surface area (Å²) < 4.78 is 4.97. The predicted molar refractivity (Wildman–Crippen MR) is 92.1 cm³/mol. The molecule has 2 aromatic carbocycles. The zero-order chi connectivity index (χ0) is 16.9. The Hall–Kier alpha value is -2.63. The maximum absolute atomic E-state index is 12.5. The van der Waals surface area contributed by atoms with Crippen LogP contribution in [-0.2, 0) is 6.42 Å². The van der Waals surface area contributed by atoms with E-state index in [0.29, 0.717) is 28.4 Å². The third-order valence-electron chi connectivity index (χ3n) is 3.54. The molecule has 122 valence electrons. The van der Waals surface area contributed by atoms with Crippen molar-refractivity contribution in [1.82, 2.24) is 5.16 Å². The number of nitrogens with one attached hydrogen (secondary N) is 1. The van der Waals surface area contributed by atoms with E-state index < -0.39 is 0 Å². The smallest absolute Gasteiger partial charge is 0.261 e. The largest absolute Gasteiger partial charge is 0.396 e. The van der Waals surface area contributed by atoms with E-state index in [2.05, 4.69) is 10.5 Å². The second kappa shape index (κ2) is 7.29. The summed E-state index contributed by atoms with van der Waals surface area (Å²) in [6, 6.07) is 14.3. The molecule has 5 nitrogen and oxygen atoms in total. The minimum atomic E-state index is -0.309. The van der Waals surface area contributed by atoms with Gasteiger partial charge in [-0.15, -0.1) is 0 Å². The lowest BCUT2D eigenvalue weighted by molar-refractivity contribution is 0.102. The van der Waals surface area contributed by atoms with Gasteiger partial charge in [0.25, 0.3) is 5.91 Å². The highest BCUT2D eigenvalue weighted by atomic mass is 35.5. The third kappa shape index (κ3) is 3.64. The van der Waals surface area contributed by atoms with E-state index in [0.717, 1.165) is 11.1 Å². The molecule has 0 unspecified atom stereocenters. The van der Waals surface area contributed by atoms with Crippen LogP contribution in [0.3, 0.4) is 0 Å². The first kappa shape index (κ1) is 16.2. The van der Waals surface area contributed by atoms with Gasteiger partial charge >= 0.3 is 0 Å². The summed E-state index contributed by atoms with van der Waals surface area (Å²) in [6.45, 7) is 0.0941. The van der Waals surface area contributed by atoms with Crippen LogP contribution in [0.2, 0.25) is 5.02 Å². The van der Waals surface area contributed by atoms with Crippen molar-refractivity contribution in [3.05, 3.63) is 70.9 Å². The first-order valence-electron chi connectivity index (χ1n) is 7.39. The van der Waals surface area contributed by atoms with Crippen molar-refractivity contribution in [1.29, 1.82) is 0 Å². The average Bonchev–Trinajstić information content (AvgIpc) is 3.07. The van der Waals surface area contributed by atoms with Gasteiger partial charge in [-0.05, 0) is 36.2 Å². The van der Waals surface area contributed by atoms with E-state index in [-0.39, 0.29) is 12.5 Å². The topological polar surface area (TPSA) is 75.4 Å². The first-order valence-corrected chi connectivity index (χ1v) is 7.76. The number of halogens is 1. The fourth-order valence-corrected chi connectivity index (χ4v) is 2.42. The van der Waals surface area contributed by atoms with Crippen LogP contribution in [-0.4, -0.2) is 22.8 Å². The van der Waals surface area contributed by atoms with Crippen molar-refractivity contribution >= 4 is 23.2 Å². The molecule has 0 atom stereocenters. The highest BCUT2D eigenvalue weighted by molar-refractivity contribution is 6.30. The maximum Gasteiger partial charge on any atom is 0.261 e. The van der Waals surface area contributed by atoms with Crippen LogP contribution in [0.1, 0.15) is 15.9 Å². The van der Waals surface area contributed by atoms with Gasteiger partial charge in [-0.3, -0.25) is 4.79 Å². The number of anilines is 1. The summed E-state index contributed by atoms with van der Waals surface area (Å²) >= 11 is 5.88. The fourth-order valence-electron chi connectivity index (χ4n) is 2.30. The summed E-state index contributed by atoms with van der Waals surface area (Å²) in [5.74, 6) is -0.309. The Morgan fingerprint density at radius 2 is 1.83 bits per heavy atom. The number of rotatable bonds is 5. The Bertz CT molecular complexity index is 826. The molecule has 1 aromatic heterocycles. The quantitative estimate of drug-likeness (QED) is 0.739. The second-order valence-corrected chi connectivity index (χ2v) is 5.64. The van der Waals surface area contributed by atoms with Gasteiger partial charge < -0.3 is 14.9 Å². The molecule has 0 aliphatic carbocycles. The number of aliphatic hydroxyl groups excluding tert-OH is 1.